The fourth-order valence-electron chi connectivity index (χ4n) is 2.06. The highest BCUT2D eigenvalue weighted by molar-refractivity contribution is 6.30. The maximum absolute atomic E-state index is 5.88. The van der Waals surface area contributed by atoms with E-state index < -0.39 is 0 Å². The van der Waals surface area contributed by atoms with Gasteiger partial charge in [-0.3, -0.25) is 4.68 Å². The number of hydrogen-bond donors (Lipinski definition) is 1. The van der Waals surface area contributed by atoms with Crippen molar-refractivity contribution in [1.82, 2.24) is 9.78 Å². The molecule has 102 valence electrons. The van der Waals surface area contributed by atoms with Crippen LogP contribution in [0.2, 0.25) is 5.02 Å². The van der Waals surface area contributed by atoms with Crippen molar-refractivity contribution in [2.45, 2.75) is 32.7 Å². The van der Waals surface area contributed by atoms with Crippen LogP contribution in [-0.2, 0) is 19.0 Å². The molecule has 1 aromatic heterocycles. The summed E-state index contributed by atoms with van der Waals surface area (Å²) in [4.78, 5) is 0. The molecular formula is C15H20ClN3. The molecule has 19 heavy (non-hydrogen) atoms. The Morgan fingerprint density at radius 3 is 2.42 bits per heavy atom. The van der Waals surface area contributed by atoms with E-state index >= 15 is 0 Å². The summed E-state index contributed by atoms with van der Waals surface area (Å²) in [7, 11) is 1.96. The number of benzene rings is 1. The summed E-state index contributed by atoms with van der Waals surface area (Å²) in [5.41, 5.74) is 3.48. The standard InChI is InChI=1S/C15H20ClN3/c1-15(2,3)14-11(10-19(4)18-14)9-17-13-7-5-12(16)6-8-13/h5-8,10,17H,9H2,1-4H3. The highest BCUT2D eigenvalue weighted by atomic mass is 35.5. The zero-order chi connectivity index (χ0) is 14.0. The van der Waals surface area contributed by atoms with Gasteiger partial charge in [-0.25, -0.2) is 0 Å². The fraction of sp³-hybridized carbons (Fsp3) is 0.400. The molecule has 4 heteroatoms. The van der Waals surface area contributed by atoms with Crippen molar-refractivity contribution in [3.63, 3.8) is 0 Å². The van der Waals surface area contributed by atoms with Crippen molar-refractivity contribution in [3.05, 3.63) is 46.7 Å². The van der Waals surface area contributed by atoms with E-state index in [0.29, 0.717) is 0 Å². The molecule has 0 spiro atoms. The quantitative estimate of drug-likeness (QED) is 0.920. The zero-order valence-corrected chi connectivity index (χ0v) is 12.6. The second kappa shape index (κ2) is 5.25. The Morgan fingerprint density at radius 2 is 1.84 bits per heavy atom. The predicted octanol–water partition coefficient (Wildman–Crippen LogP) is 3.98. The van der Waals surface area contributed by atoms with Gasteiger partial charge in [0.1, 0.15) is 0 Å². The van der Waals surface area contributed by atoms with Gasteiger partial charge in [-0.2, -0.15) is 5.10 Å². The van der Waals surface area contributed by atoms with Crippen LogP contribution in [0.25, 0.3) is 0 Å². The molecule has 2 rings (SSSR count). The van der Waals surface area contributed by atoms with Crippen molar-refractivity contribution in [2.24, 2.45) is 7.05 Å². The van der Waals surface area contributed by atoms with Crippen molar-refractivity contribution < 1.29 is 0 Å². The van der Waals surface area contributed by atoms with Gasteiger partial charge in [-0.1, -0.05) is 32.4 Å². The summed E-state index contributed by atoms with van der Waals surface area (Å²) < 4.78 is 1.87. The van der Waals surface area contributed by atoms with Crippen molar-refractivity contribution >= 4 is 17.3 Å². The third-order valence-electron chi connectivity index (χ3n) is 2.94. The second-order valence-corrected chi connectivity index (χ2v) is 6.22. The number of aromatic nitrogens is 2. The topological polar surface area (TPSA) is 29.9 Å². The largest absolute Gasteiger partial charge is 0.381 e. The molecule has 1 aromatic carbocycles. The van der Waals surface area contributed by atoms with Gasteiger partial charge in [0.25, 0.3) is 0 Å². The first-order valence-electron chi connectivity index (χ1n) is 6.39. The fourth-order valence-corrected chi connectivity index (χ4v) is 2.19. The van der Waals surface area contributed by atoms with E-state index in [1.807, 2.05) is 36.0 Å². The Bertz CT molecular complexity index is 550. The summed E-state index contributed by atoms with van der Waals surface area (Å²) in [6.07, 6.45) is 2.07. The highest BCUT2D eigenvalue weighted by Crippen LogP contribution is 2.25. The molecule has 0 saturated heterocycles. The number of nitrogens with zero attached hydrogens (tertiary/aromatic N) is 2. The first-order valence-corrected chi connectivity index (χ1v) is 6.76. The maximum atomic E-state index is 5.88. The number of anilines is 1. The predicted molar refractivity (Wildman–Crippen MR) is 80.7 cm³/mol. The minimum atomic E-state index is 0.0538. The molecule has 0 saturated carbocycles. The Kier molecular flexibility index (Phi) is 3.85. The summed E-state index contributed by atoms with van der Waals surface area (Å²) >= 11 is 5.88. The minimum Gasteiger partial charge on any atom is -0.381 e. The molecule has 0 atom stereocenters. The summed E-state index contributed by atoms with van der Waals surface area (Å²) in [5.74, 6) is 0. The molecule has 3 nitrogen and oxygen atoms in total. The van der Waals surface area contributed by atoms with Crippen LogP contribution in [0.4, 0.5) is 5.69 Å². The number of halogens is 1. The lowest BCUT2D eigenvalue weighted by molar-refractivity contribution is 0.549. The van der Waals surface area contributed by atoms with E-state index in [2.05, 4.69) is 37.4 Å². The molecule has 0 bridgehead atoms. The van der Waals surface area contributed by atoms with Gasteiger partial charge in [-0.05, 0) is 24.3 Å². The highest BCUT2D eigenvalue weighted by Gasteiger charge is 2.21. The summed E-state index contributed by atoms with van der Waals surface area (Å²) in [5, 5.41) is 8.72. The molecule has 0 aliphatic carbocycles. The third-order valence-corrected chi connectivity index (χ3v) is 3.19. The SMILES string of the molecule is Cn1cc(CNc2ccc(Cl)cc2)c(C(C)(C)C)n1. The van der Waals surface area contributed by atoms with Gasteiger partial charge in [-0.15, -0.1) is 0 Å². The summed E-state index contributed by atoms with van der Waals surface area (Å²) in [6.45, 7) is 7.31. The van der Waals surface area contributed by atoms with Crippen LogP contribution >= 0.6 is 11.6 Å². The molecule has 0 unspecified atom stereocenters. The van der Waals surface area contributed by atoms with Crippen LogP contribution in [0.15, 0.2) is 30.5 Å². The Hall–Kier alpha value is -1.48. The summed E-state index contributed by atoms with van der Waals surface area (Å²) in [6, 6.07) is 7.74. The molecule has 1 heterocycles. The average Bonchev–Trinajstić information content (AvgIpc) is 2.70. The van der Waals surface area contributed by atoms with Gasteiger partial charge in [0.05, 0.1) is 5.69 Å². The second-order valence-electron chi connectivity index (χ2n) is 5.79. The van der Waals surface area contributed by atoms with Crippen molar-refractivity contribution in [3.8, 4) is 0 Å². The molecular weight excluding hydrogens is 258 g/mol. The average molecular weight is 278 g/mol. The number of nitrogens with one attached hydrogen (secondary N) is 1. The van der Waals surface area contributed by atoms with Gasteiger partial charge >= 0.3 is 0 Å². The smallest absolute Gasteiger partial charge is 0.0727 e. The molecule has 0 aliphatic rings. The lowest BCUT2D eigenvalue weighted by Crippen LogP contribution is -2.16. The van der Waals surface area contributed by atoms with Crippen LogP contribution in [0.3, 0.4) is 0 Å². The maximum Gasteiger partial charge on any atom is 0.0727 e. The van der Waals surface area contributed by atoms with E-state index in [1.165, 1.54) is 5.56 Å². The van der Waals surface area contributed by atoms with Gasteiger partial charge < -0.3 is 5.32 Å². The number of hydrogen-bond acceptors (Lipinski definition) is 2. The lowest BCUT2D eigenvalue weighted by atomic mass is 9.89. The molecule has 0 radical (unpaired) electrons. The minimum absolute atomic E-state index is 0.0538. The van der Waals surface area contributed by atoms with Gasteiger partial charge in [0, 0.05) is 41.5 Å². The molecule has 0 amide bonds. The van der Waals surface area contributed by atoms with Crippen LogP contribution in [-0.4, -0.2) is 9.78 Å². The van der Waals surface area contributed by atoms with E-state index in [0.717, 1.165) is 22.9 Å². The number of rotatable bonds is 3. The molecule has 0 aliphatic heterocycles. The van der Waals surface area contributed by atoms with Crippen LogP contribution in [0, 0.1) is 0 Å². The van der Waals surface area contributed by atoms with Crippen LogP contribution < -0.4 is 5.32 Å². The Labute approximate surface area is 119 Å². The van der Waals surface area contributed by atoms with E-state index in [4.69, 9.17) is 11.6 Å². The third kappa shape index (κ3) is 3.51. The van der Waals surface area contributed by atoms with Crippen LogP contribution in [0.1, 0.15) is 32.0 Å². The normalized spacial score (nSPS) is 11.6. The zero-order valence-electron chi connectivity index (χ0n) is 11.9. The van der Waals surface area contributed by atoms with Gasteiger partial charge in [0.15, 0.2) is 0 Å². The monoisotopic (exact) mass is 277 g/mol. The molecule has 2 aromatic rings. The molecule has 1 N–H and O–H groups in total. The van der Waals surface area contributed by atoms with E-state index in [9.17, 15) is 0 Å². The Morgan fingerprint density at radius 1 is 1.21 bits per heavy atom. The van der Waals surface area contributed by atoms with E-state index in [1.54, 1.807) is 0 Å². The van der Waals surface area contributed by atoms with Gasteiger partial charge in [0.2, 0.25) is 0 Å². The van der Waals surface area contributed by atoms with Crippen molar-refractivity contribution in [1.29, 1.82) is 0 Å². The van der Waals surface area contributed by atoms with E-state index in [-0.39, 0.29) is 5.41 Å². The van der Waals surface area contributed by atoms with Crippen molar-refractivity contribution in [2.75, 3.05) is 5.32 Å². The Balaban J connectivity index is 2.13. The lowest BCUT2D eigenvalue weighted by Gasteiger charge is -2.17. The first-order chi connectivity index (χ1) is 8.86. The first kappa shape index (κ1) is 13.9. The van der Waals surface area contributed by atoms with Crippen LogP contribution in [0.5, 0.6) is 0 Å². The molecule has 0 fully saturated rings. The number of aryl methyl sites for hydroxylation is 1.